The summed E-state index contributed by atoms with van der Waals surface area (Å²) in [6, 6.07) is 16.4. The number of carbonyl (C=O) groups is 1. The number of nitro groups is 1. The average Bonchev–Trinajstić information content (AvgIpc) is 3.61. The Morgan fingerprint density at radius 2 is 1.94 bits per heavy atom. The molecule has 2 aromatic carbocycles. The number of carbonyl (C=O) groups excluding carboxylic acids is 1. The molecule has 5 aromatic rings. The third-order valence-corrected chi connectivity index (χ3v) is 6.31. The van der Waals surface area contributed by atoms with Crippen molar-refractivity contribution in [2.75, 3.05) is 5.32 Å². The smallest absolute Gasteiger partial charge is 0.293 e. The van der Waals surface area contributed by atoms with E-state index in [9.17, 15) is 14.9 Å². The Hall–Kier alpha value is -4.49. The van der Waals surface area contributed by atoms with Crippen LogP contribution in [0.5, 0.6) is 0 Å². The van der Waals surface area contributed by atoms with Crippen molar-refractivity contribution in [3.8, 4) is 21.9 Å². The lowest BCUT2D eigenvalue weighted by molar-refractivity contribution is -0.384. The van der Waals surface area contributed by atoms with Gasteiger partial charge in [0, 0.05) is 35.4 Å². The Labute approximate surface area is 212 Å². The van der Waals surface area contributed by atoms with Crippen LogP contribution >= 0.6 is 23.6 Å². The van der Waals surface area contributed by atoms with E-state index in [4.69, 9.17) is 16.6 Å². The number of nitro benzene ring substituents is 1. The van der Waals surface area contributed by atoms with Gasteiger partial charge in [-0.15, -0.1) is 10.2 Å². The fraction of sp³-hybridized carbons (Fsp3) is 0.0870. The highest BCUT2D eigenvalue weighted by molar-refractivity contribution is 7.80. The number of non-ortho nitro benzene ring substituents is 1. The number of aromatic nitrogens is 4. The molecular formula is C23H17N7O4S2. The second kappa shape index (κ2) is 9.64. The Balaban J connectivity index is 1.22. The summed E-state index contributed by atoms with van der Waals surface area (Å²) >= 11 is 6.70. The maximum atomic E-state index is 12.6. The minimum atomic E-state index is -0.549. The van der Waals surface area contributed by atoms with Crippen molar-refractivity contribution in [3.63, 3.8) is 0 Å². The van der Waals surface area contributed by atoms with Gasteiger partial charge < -0.3 is 9.73 Å². The standard InChI is InChI=1S/C23H17N7O4S2/c1-2-19-26-27-23-29(19)28-21(36-23)13-6-8-15(9-7-13)24-22(35)25-20(31)18-11-10-17(34-18)14-4-3-5-16(12-14)30(32)33/h3-12H,2H2,1H3,(H2,24,25,31,35). The van der Waals surface area contributed by atoms with E-state index >= 15 is 0 Å². The third-order valence-electron chi connectivity index (χ3n) is 5.16. The zero-order valence-electron chi connectivity index (χ0n) is 18.7. The van der Waals surface area contributed by atoms with Gasteiger partial charge in [-0.05, 0) is 48.6 Å². The molecule has 1 amide bonds. The monoisotopic (exact) mass is 519 g/mol. The van der Waals surface area contributed by atoms with Crippen molar-refractivity contribution in [1.82, 2.24) is 25.1 Å². The van der Waals surface area contributed by atoms with Crippen LogP contribution in [-0.2, 0) is 6.42 Å². The van der Waals surface area contributed by atoms with E-state index in [1.54, 1.807) is 22.7 Å². The first kappa shape index (κ1) is 23.3. The van der Waals surface area contributed by atoms with Crippen molar-refractivity contribution < 1.29 is 14.1 Å². The van der Waals surface area contributed by atoms with Crippen LogP contribution in [-0.4, -0.2) is 35.8 Å². The van der Waals surface area contributed by atoms with Crippen molar-refractivity contribution in [2.24, 2.45) is 0 Å². The number of benzene rings is 2. The largest absolute Gasteiger partial charge is 0.451 e. The Bertz CT molecular complexity index is 1600. The van der Waals surface area contributed by atoms with Gasteiger partial charge in [0.1, 0.15) is 10.8 Å². The van der Waals surface area contributed by atoms with Crippen molar-refractivity contribution in [3.05, 3.63) is 82.4 Å². The summed E-state index contributed by atoms with van der Waals surface area (Å²) in [6.07, 6.45) is 0.741. The van der Waals surface area contributed by atoms with Gasteiger partial charge in [-0.1, -0.05) is 30.4 Å². The maximum absolute atomic E-state index is 12.6. The van der Waals surface area contributed by atoms with E-state index in [0.29, 0.717) is 17.0 Å². The summed E-state index contributed by atoms with van der Waals surface area (Å²) < 4.78 is 7.32. The summed E-state index contributed by atoms with van der Waals surface area (Å²) in [6.45, 7) is 2.00. The van der Waals surface area contributed by atoms with E-state index < -0.39 is 10.8 Å². The zero-order chi connectivity index (χ0) is 25.2. The number of furan rings is 1. The van der Waals surface area contributed by atoms with Crippen molar-refractivity contribution >= 4 is 50.9 Å². The molecule has 2 N–H and O–H groups in total. The highest BCUT2D eigenvalue weighted by Gasteiger charge is 2.16. The Kier molecular flexibility index (Phi) is 6.23. The van der Waals surface area contributed by atoms with Crippen LogP contribution in [0.4, 0.5) is 11.4 Å². The molecule has 0 atom stereocenters. The number of thiocarbonyl (C=S) groups is 1. The van der Waals surface area contributed by atoms with Gasteiger partial charge in [0.15, 0.2) is 16.7 Å². The molecule has 0 bridgehead atoms. The molecule has 180 valence electrons. The Morgan fingerprint density at radius 1 is 1.14 bits per heavy atom. The topological polar surface area (TPSA) is 140 Å². The van der Waals surface area contributed by atoms with E-state index in [-0.39, 0.29) is 16.6 Å². The van der Waals surface area contributed by atoms with Gasteiger partial charge in [-0.2, -0.15) is 9.61 Å². The molecule has 5 rings (SSSR count). The number of nitrogens with one attached hydrogen (secondary N) is 2. The van der Waals surface area contributed by atoms with Crippen LogP contribution in [0.25, 0.3) is 26.9 Å². The van der Waals surface area contributed by atoms with Crippen LogP contribution in [0.1, 0.15) is 23.3 Å². The normalized spacial score (nSPS) is 10.9. The second-order valence-electron chi connectivity index (χ2n) is 7.53. The van der Waals surface area contributed by atoms with Crippen LogP contribution < -0.4 is 10.6 Å². The summed E-state index contributed by atoms with van der Waals surface area (Å²) in [5, 5.41) is 30.2. The molecule has 13 heteroatoms. The van der Waals surface area contributed by atoms with E-state index in [1.807, 2.05) is 31.2 Å². The third kappa shape index (κ3) is 4.69. The number of hydrogen-bond donors (Lipinski definition) is 2. The molecule has 0 aliphatic rings. The van der Waals surface area contributed by atoms with Gasteiger partial charge in [0.2, 0.25) is 4.96 Å². The summed E-state index contributed by atoms with van der Waals surface area (Å²) in [7, 11) is 0. The molecule has 0 saturated carbocycles. The fourth-order valence-electron chi connectivity index (χ4n) is 3.41. The lowest BCUT2D eigenvalue weighted by Gasteiger charge is -2.09. The fourth-order valence-corrected chi connectivity index (χ4v) is 4.48. The first-order valence-electron chi connectivity index (χ1n) is 10.7. The van der Waals surface area contributed by atoms with Gasteiger partial charge in [0.25, 0.3) is 11.6 Å². The molecule has 3 aromatic heterocycles. The lowest BCUT2D eigenvalue weighted by Crippen LogP contribution is -2.33. The Morgan fingerprint density at radius 3 is 2.69 bits per heavy atom. The minimum Gasteiger partial charge on any atom is -0.451 e. The number of amides is 1. The maximum Gasteiger partial charge on any atom is 0.293 e. The number of aryl methyl sites for hydroxylation is 1. The van der Waals surface area contributed by atoms with Crippen molar-refractivity contribution in [1.29, 1.82) is 0 Å². The van der Waals surface area contributed by atoms with E-state index in [1.165, 1.54) is 29.5 Å². The quantitative estimate of drug-likeness (QED) is 0.185. The molecular weight excluding hydrogens is 502 g/mol. The second-order valence-corrected chi connectivity index (χ2v) is 8.89. The zero-order valence-corrected chi connectivity index (χ0v) is 20.3. The van der Waals surface area contributed by atoms with Gasteiger partial charge in [-0.3, -0.25) is 20.2 Å². The highest BCUT2D eigenvalue weighted by Crippen LogP contribution is 2.27. The molecule has 0 fully saturated rings. The summed E-state index contributed by atoms with van der Waals surface area (Å²) in [5.41, 5.74) is 2.01. The first-order valence-corrected chi connectivity index (χ1v) is 11.9. The number of nitrogens with zero attached hydrogens (tertiary/aromatic N) is 5. The SMILES string of the molecule is CCc1nnc2sc(-c3ccc(NC(=S)NC(=O)c4ccc(-c5cccc([N+](=O)[O-])c5)o4)cc3)nn12. The predicted molar refractivity (Wildman–Crippen MR) is 138 cm³/mol. The number of rotatable bonds is 6. The summed E-state index contributed by atoms with van der Waals surface area (Å²) in [5.74, 6) is 0.605. The van der Waals surface area contributed by atoms with Crippen LogP contribution in [0, 0.1) is 10.1 Å². The van der Waals surface area contributed by atoms with E-state index in [0.717, 1.165) is 27.8 Å². The van der Waals surface area contributed by atoms with Crippen LogP contribution in [0.3, 0.4) is 0 Å². The van der Waals surface area contributed by atoms with Crippen molar-refractivity contribution in [2.45, 2.75) is 13.3 Å². The van der Waals surface area contributed by atoms with E-state index in [2.05, 4.69) is 25.9 Å². The first-order chi connectivity index (χ1) is 17.4. The number of fused-ring (bicyclic) bond motifs is 1. The highest BCUT2D eigenvalue weighted by atomic mass is 32.1. The molecule has 0 aliphatic carbocycles. The van der Waals surface area contributed by atoms with Gasteiger partial charge in [0.05, 0.1) is 4.92 Å². The molecule has 0 radical (unpaired) electrons. The molecule has 11 nitrogen and oxygen atoms in total. The van der Waals surface area contributed by atoms with Crippen LogP contribution in [0.2, 0.25) is 0 Å². The molecule has 0 saturated heterocycles. The molecule has 0 spiro atoms. The molecule has 0 unspecified atom stereocenters. The van der Waals surface area contributed by atoms with Gasteiger partial charge >= 0.3 is 0 Å². The average molecular weight is 520 g/mol. The molecule has 36 heavy (non-hydrogen) atoms. The van der Waals surface area contributed by atoms with Crippen LogP contribution in [0.15, 0.2) is 65.1 Å². The predicted octanol–water partition coefficient (Wildman–Crippen LogP) is 4.71. The minimum absolute atomic E-state index is 0.0192. The number of hydrogen-bond acceptors (Lipinski definition) is 9. The number of anilines is 1. The van der Waals surface area contributed by atoms with Gasteiger partial charge in [-0.25, -0.2) is 0 Å². The molecule has 0 aliphatic heterocycles. The lowest BCUT2D eigenvalue weighted by atomic mass is 10.1. The summed E-state index contributed by atoms with van der Waals surface area (Å²) in [4.78, 5) is 23.8. The molecule has 3 heterocycles.